The molecule has 0 aromatic carbocycles. The number of hydrogen-bond donors (Lipinski definition) is 1. The molecule has 0 aliphatic heterocycles. The molecule has 7 heteroatoms. The molecule has 0 atom stereocenters. The molecule has 1 N–H and O–H groups in total. The second kappa shape index (κ2) is 4.11. The van der Waals surface area contributed by atoms with E-state index in [1.165, 1.54) is 0 Å². The van der Waals surface area contributed by atoms with E-state index in [9.17, 15) is 4.79 Å². The number of carboxylic acid groups (broad SMARTS) is 1. The average molecular weight is 288 g/mol. The summed E-state index contributed by atoms with van der Waals surface area (Å²) in [6.45, 7) is 0.482. The number of halogens is 1. The van der Waals surface area contributed by atoms with Crippen molar-refractivity contribution in [3.63, 3.8) is 0 Å². The van der Waals surface area contributed by atoms with Crippen LogP contribution < -0.4 is 0 Å². The summed E-state index contributed by atoms with van der Waals surface area (Å²) in [6, 6.07) is 0. The van der Waals surface area contributed by atoms with Crippen LogP contribution in [0.4, 0.5) is 0 Å². The van der Waals surface area contributed by atoms with Crippen molar-refractivity contribution < 1.29 is 9.90 Å². The van der Waals surface area contributed by atoms with Crippen molar-refractivity contribution in [1.29, 1.82) is 0 Å². The predicted octanol–water partition coefficient (Wildman–Crippen LogP) is 1.85. The van der Waals surface area contributed by atoms with Gasteiger partial charge in [0, 0.05) is 11.6 Å². The van der Waals surface area contributed by atoms with Crippen LogP contribution in [0.5, 0.6) is 0 Å². The standard InChI is InChI=1S/C8H6BrN3O2S/c9-5-1-10-12(2-5)3-6-4-15-7(11-6)8(13)14/h1-2,4H,3H2,(H,13,14). The van der Waals surface area contributed by atoms with Crippen LogP contribution in [0.1, 0.15) is 15.5 Å². The molecule has 0 fully saturated rings. The fourth-order valence-electron chi connectivity index (χ4n) is 1.07. The maximum atomic E-state index is 10.6. The maximum Gasteiger partial charge on any atom is 0.365 e. The zero-order valence-corrected chi connectivity index (χ0v) is 9.82. The van der Waals surface area contributed by atoms with Crippen LogP contribution in [0.15, 0.2) is 22.2 Å². The van der Waals surface area contributed by atoms with E-state index in [-0.39, 0.29) is 5.01 Å². The molecule has 0 aliphatic carbocycles. The van der Waals surface area contributed by atoms with Gasteiger partial charge in [0.2, 0.25) is 5.01 Å². The Morgan fingerprint density at radius 1 is 1.67 bits per heavy atom. The highest BCUT2D eigenvalue weighted by molar-refractivity contribution is 9.10. The van der Waals surface area contributed by atoms with Gasteiger partial charge in [0.15, 0.2) is 0 Å². The molecule has 0 radical (unpaired) electrons. The molecule has 2 aromatic heterocycles. The predicted molar refractivity (Wildman–Crippen MR) is 58.1 cm³/mol. The monoisotopic (exact) mass is 287 g/mol. The van der Waals surface area contributed by atoms with Crippen molar-refractivity contribution in [2.75, 3.05) is 0 Å². The molecule has 0 spiro atoms. The minimum Gasteiger partial charge on any atom is -0.476 e. The third-order valence-corrected chi connectivity index (χ3v) is 2.95. The lowest BCUT2D eigenvalue weighted by Gasteiger charge is -1.95. The summed E-state index contributed by atoms with van der Waals surface area (Å²) in [4.78, 5) is 14.5. The molecule has 2 aromatic rings. The van der Waals surface area contributed by atoms with Gasteiger partial charge >= 0.3 is 5.97 Å². The number of rotatable bonds is 3. The minimum atomic E-state index is -0.993. The van der Waals surface area contributed by atoms with E-state index in [0.717, 1.165) is 15.8 Å². The Kier molecular flexibility index (Phi) is 2.83. The van der Waals surface area contributed by atoms with Gasteiger partial charge < -0.3 is 5.11 Å². The molecule has 15 heavy (non-hydrogen) atoms. The van der Waals surface area contributed by atoms with Crippen molar-refractivity contribution in [2.24, 2.45) is 0 Å². The Morgan fingerprint density at radius 2 is 2.47 bits per heavy atom. The zero-order valence-electron chi connectivity index (χ0n) is 7.42. The summed E-state index contributed by atoms with van der Waals surface area (Å²) in [5.74, 6) is -0.993. The summed E-state index contributed by atoms with van der Waals surface area (Å²) in [5.41, 5.74) is 0.702. The van der Waals surface area contributed by atoms with Crippen molar-refractivity contribution in [2.45, 2.75) is 6.54 Å². The van der Waals surface area contributed by atoms with E-state index in [0.29, 0.717) is 12.2 Å². The third kappa shape index (κ3) is 2.42. The van der Waals surface area contributed by atoms with Crippen molar-refractivity contribution in [1.82, 2.24) is 14.8 Å². The number of hydrogen-bond acceptors (Lipinski definition) is 4. The summed E-state index contributed by atoms with van der Waals surface area (Å²) < 4.78 is 2.57. The van der Waals surface area contributed by atoms with E-state index in [1.54, 1.807) is 22.5 Å². The first-order valence-electron chi connectivity index (χ1n) is 4.01. The average Bonchev–Trinajstić information content (AvgIpc) is 2.76. The first-order chi connectivity index (χ1) is 7.15. The van der Waals surface area contributed by atoms with E-state index in [1.807, 2.05) is 0 Å². The Hall–Kier alpha value is -1.21. The zero-order chi connectivity index (χ0) is 10.8. The second-order valence-electron chi connectivity index (χ2n) is 2.81. The van der Waals surface area contributed by atoms with Crippen LogP contribution in [-0.2, 0) is 6.54 Å². The number of aromatic nitrogens is 3. The molecule has 0 saturated heterocycles. The van der Waals surface area contributed by atoms with Crippen molar-refractivity contribution in [3.8, 4) is 0 Å². The lowest BCUT2D eigenvalue weighted by atomic mass is 10.5. The molecule has 0 unspecified atom stereocenters. The number of thiazole rings is 1. The van der Waals surface area contributed by atoms with E-state index >= 15 is 0 Å². The molecule has 0 bridgehead atoms. The van der Waals surface area contributed by atoms with Gasteiger partial charge in [-0.25, -0.2) is 9.78 Å². The highest BCUT2D eigenvalue weighted by atomic mass is 79.9. The molecular weight excluding hydrogens is 282 g/mol. The molecule has 78 valence electrons. The topological polar surface area (TPSA) is 68.0 Å². The Labute approximate surface area is 97.5 Å². The van der Waals surface area contributed by atoms with Gasteiger partial charge in [0.25, 0.3) is 0 Å². The summed E-state index contributed by atoms with van der Waals surface area (Å²) in [6.07, 6.45) is 3.48. The fraction of sp³-hybridized carbons (Fsp3) is 0.125. The van der Waals surface area contributed by atoms with Crippen LogP contribution >= 0.6 is 27.3 Å². The maximum absolute atomic E-state index is 10.6. The Morgan fingerprint density at radius 3 is 3.00 bits per heavy atom. The smallest absolute Gasteiger partial charge is 0.365 e. The normalized spacial score (nSPS) is 10.5. The van der Waals surface area contributed by atoms with Crippen LogP contribution in [0.3, 0.4) is 0 Å². The summed E-state index contributed by atoms with van der Waals surface area (Å²) in [5, 5.41) is 14.6. The summed E-state index contributed by atoms with van der Waals surface area (Å²) >= 11 is 4.40. The van der Waals surface area contributed by atoms with Crippen molar-refractivity contribution in [3.05, 3.63) is 32.9 Å². The molecular formula is C8H6BrN3O2S. The quantitative estimate of drug-likeness (QED) is 0.935. The SMILES string of the molecule is O=C(O)c1nc(Cn2cc(Br)cn2)cs1. The van der Waals surface area contributed by atoms with Gasteiger partial charge in [-0.2, -0.15) is 5.10 Å². The number of nitrogens with zero attached hydrogens (tertiary/aromatic N) is 3. The van der Waals surface area contributed by atoms with Gasteiger partial charge in [-0.05, 0) is 15.9 Å². The lowest BCUT2D eigenvalue weighted by molar-refractivity contribution is 0.0696. The van der Waals surface area contributed by atoms with Crippen LogP contribution in [0.2, 0.25) is 0 Å². The van der Waals surface area contributed by atoms with E-state index in [2.05, 4.69) is 26.0 Å². The van der Waals surface area contributed by atoms with Gasteiger partial charge in [0.05, 0.1) is 22.9 Å². The minimum absolute atomic E-state index is 0.108. The fourth-order valence-corrected chi connectivity index (χ4v) is 2.04. The van der Waals surface area contributed by atoms with Gasteiger partial charge in [-0.3, -0.25) is 4.68 Å². The highest BCUT2D eigenvalue weighted by Crippen LogP contribution is 2.12. The Bertz CT molecular complexity index is 494. The van der Waals surface area contributed by atoms with Gasteiger partial charge in [-0.15, -0.1) is 11.3 Å². The lowest BCUT2D eigenvalue weighted by Crippen LogP contribution is -2.01. The second-order valence-corrected chi connectivity index (χ2v) is 4.58. The number of carbonyl (C=O) groups is 1. The summed E-state index contributed by atoms with van der Waals surface area (Å²) in [7, 11) is 0. The first-order valence-corrected chi connectivity index (χ1v) is 5.68. The number of aromatic carboxylic acids is 1. The van der Waals surface area contributed by atoms with Crippen LogP contribution in [0.25, 0.3) is 0 Å². The molecule has 2 rings (SSSR count). The highest BCUT2D eigenvalue weighted by Gasteiger charge is 2.09. The van der Waals surface area contributed by atoms with E-state index in [4.69, 9.17) is 5.11 Å². The van der Waals surface area contributed by atoms with Gasteiger partial charge in [0.1, 0.15) is 0 Å². The third-order valence-electron chi connectivity index (χ3n) is 1.66. The number of carboxylic acids is 1. The molecule has 5 nitrogen and oxygen atoms in total. The van der Waals surface area contributed by atoms with Crippen LogP contribution in [0, 0.1) is 0 Å². The van der Waals surface area contributed by atoms with Gasteiger partial charge in [-0.1, -0.05) is 0 Å². The molecule has 2 heterocycles. The molecule has 0 saturated carbocycles. The van der Waals surface area contributed by atoms with E-state index < -0.39 is 5.97 Å². The first kappa shape index (κ1) is 10.3. The molecule has 0 aliphatic rings. The Balaban J connectivity index is 2.14. The van der Waals surface area contributed by atoms with Crippen LogP contribution in [-0.4, -0.2) is 25.8 Å². The molecule has 0 amide bonds. The largest absolute Gasteiger partial charge is 0.476 e. The van der Waals surface area contributed by atoms with Crippen molar-refractivity contribution >= 4 is 33.2 Å².